The van der Waals surface area contributed by atoms with Crippen LogP contribution in [-0.4, -0.2) is 16.6 Å². The number of carbonyl (C=O) groups is 1. The van der Waals surface area contributed by atoms with Gasteiger partial charge < -0.3 is 16.6 Å². The molecule has 0 saturated heterocycles. The van der Waals surface area contributed by atoms with Crippen LogP contribution in [0.3, 0.4) is 0 Å². The van der Waals surface area contributed by atoms with Crippen LogP contribution >= 0.6 is 0 Å². The third-order valence-electron chi connectivity index (χ3n) is 2.32. The van der Waals surface area contributed by atoms with Crippen molar-refractivity contribution in [1.82, 2.24) is 0 Å². The molecule has 1 atom stereocenters. The summed E-state index contributed by atoms with van der Waals surface area (Å²) in [6, 6.07) is 7.48. The SMILES string of the molecule is CC(N)(Cc1ccc(CN)cc1)C(=O)O. The van der Waals surface area contributed by atoms with Gasteiger partial charge in [0, 0.05) is 13.0 Å². The third kappa shape index (κ3) is 3.04. The molecule has 0 aliphatic rings. The predicted molar refractivity (Wildman–Crippen MR) is 58.3 cm³/mol. The standard InChI is InChI=1S/C11H16N2O2/c1-11(13,10(14)15)6-8-2-4-9(7-12)5-3-8/h2-5H,6-7,12-13H2,1H3,(H,14,15). The number of hydrogen-bond acceptors (Lipinski definition) is 3. The Morgan fingerprint density at radius 1 is 1.33 bits per heavy atom. The predicted octanol–water partition coefficient (Wildman–Crippen LogP) is 0.490. The number of carboxylic acids is 1. The molecule has 0 spiro atoms. The number of rotatable bonds is 4. The first-order valence-corrected chi connectivity index (χ1v) is 4.76. The van der Waals surface area contributed by atoms with Crippen molar-refractivity contribution in [2.75, 3.05) is 0 Å². The van der Waals surface area contributed by atoms with Crippen molar-refractivity contribution in [2.45, 2.75) is 25.4 Å². The topological polar surface area (TPSA) is 89.3 Å². The van der Waals surface area contributed by atoms with E-state index in [-0.39, 0.29) is 0 Å². The Labute approximate surface area is 88.9 Å². The normalized spacial score (nSPS) is 14.6. The van der Waals surface area contributed by atoms with Crippen molar-refractivity contribution in [2.24, 2.45) is 11.5 Å². The first-order chi connectivity index (χ1) is 6.95. The number of nitrogens with two attached hydrogens (primary N) is 2. The monoisotopic (exact) mass is 208 g/mol. The van der Waals surface area contributed by atoms with Gasteiger partial charge in [-0.2, -0.15) is 0 Å². The molecule has 0 saturated carbocycles. The smallest absolute Gasteiger partial charge is 0.323 e. The highest BCUT2D eigenvalue weighted by molar-refractivity contribution is 5.78. The molecular weight excluding hydrogens is 192 g/mol. The molecule has 0 aromatic heterocycles. The maximum Gasteiger partial charge on any atom is 0.323 e. The molecule has 1 unspecified atom stereocenters. The van der Waals surface area contributed by atoms with Crippen molar-refractivity contribution in [1.29, 1.82) is 0 Å². The van der Waals surface area contributed by atoms with Crippen LogP contribution in [-0.2, 0) is 17.8 Å². The molecule has 1 aromatic carbocycles. The van der Waals surface area contributed by atoms with Crippen molar-refractivity contribution in [3.05, 3.63) is 35.4 Å². The van der Waals surface area contributed by atoms with Gasteiger partial charge in [-0.3, -0.25) is 4.79 Å². The lowest BCUT2D eigenvalue weighted by Crippen LogP contribution is -2.46. The zero-order valence-corrected chi connectivity index (χ0v) is 8.73. The number of carboxylic acid groups (broad SMARTS) is 1. The molecule has 0 fully saturated rings. The van der Waals surface area contributed by atoms with Crippen LogP contribution in [0.15, 0.2) is 24.3 Å². The Hall–Kier alpha value is -1.39. The fourth-order valence-electron chi connectivity index (χ4n) is 1.29. The van der Waals surface area contributed by atoms with Crippen molar-refractivity contribution in [3.63, 3.8) is 0 Å². The summed E-state index contributed by atoms with van der Waals surface area (Å²) in [5.74, 6) is -0.995. The summed E-state index contributed by atoms with van der Waals surface area (Å²) in [5, 5.41) is 8.86. The maximum absolute atomic E-state index is 10.8. The molecule has 1 rings (SSSR count). The van der Waals surface area contributed by atoms with Crippen LogP contribution in [0.5, 0.6) is 0 Å². The van der Waals surface area contributed by atoms with Crippen molar-refractivity contribution < 1.29 is 9.90 Å². The van der Waals surface area contributed by atoms with Crippen LogP contribution in [0.1, 0.15) is 18.1 Å². The molecule has 4 nitrogen and oxygen atoms in total. The van der Waals surface area contributed by atoms with Gasteiger partial charge in [0.15, 0.2) is 0 Å². The highest BCUT2D eigenvalue weighted by Crippen LogP contribution is 2.12. The zero-order chi connectivity index (χ0) is 11.5. The fourth-order valence-corrected chi connectivity index (χ4v) is 1.29. The Morgan fingerprint density at radius 2 is 1.80 bits per heavy atom. The maximum atomic E-state index is 10.8. The minimum atomic E-state index is -1.22. The van der Waals surface area contributed by atoms with Gasteiger partial charge >= 0.3 is 5.97 Å². The van der Waals surface area contributed by atoms with Gasteiger partial charge in [-0.25, -0.2) is 0 Å². The van der Waals surface area contributed by atoms with Gasteiger partial charge in [-0.05, 0) is 18.1 Å². The summed E-state index contributed by atoms with van der Waals surface area (Å²) in [7, 11) is 0. The van der Waals surface area contributed by atoms with E-state index in [0.29, 0.717) is 13.0 Å². The second kappa shape index (κ2) is 4.42. The summed E-state index contributed by atoms with van der Waals surface area (Å²) in [5.41, 5.74) is 11.8. The number of benzene rings is 1. The van der Waals surface area contributed by atoms with Crippen LogP contribution in [0.25, 0.3) is 0 Å². The van der Waals surface area contributed by atoms with Crippen LogP contribution in [0, 0.1) is 0 Å². The molecule has 0 radical (unpaired) electrons. The van der Waals surface area contributed by atoms with Gasteiger partial charge in [-0.15, -0.1) is 0 Å². The molecule has 1 aromatic rings. The highest BCUT2D eigenvalue weighted by atomic mass is 16.4. The van der Waals surface area contributed by atoms with E-state index >= 15 is 0 Å². The Bertz CT molecular complexity index is 344. The first-order valence-electron chi connectivity index (χ1n) is 4.76. The van der Waals surface area contributed by atoms with Gasteiger partial charge in [0.1, 0.15) is 5.54 Å². The summed E-state index contributed by atoms with van der Waals surface area (Å²) >= 11 is 0. The molecular formula is C11H16N2O2. The number of hydrogen-bond donors (Lipinski definition) is 3. The molecule has 82 valence electrons. The van der Waals surface area contributed by atoms with Crippen LogP contribution in [0.4, 0.5) is 0 Å². The van der Waals surface area contributed by atoms with Gasteiger partial charge in [0.05, 0.1) is 0 Å². The molecule has 0 aliphatic heterocycles. The highest BCUT2D eigenvalue weighted by Gasteiger charge is 2.27. The average molecular weight is 208 g/mol. The van der Waals surface area contributed by atoms with E-state index in [1.54, 1.807) is 0 Å². The minimum absolute atomic E-state index is 0.313. The number of aliphatic carboxylic acids is 1. The Kier molecular flexibility index (Phi) is 3.44. The van der Waals surface area contributed by atoms with E-state index in [2.05, 4.69) is 0 Å². The van der Waals surface area contributed by atoms with Crippen molar-refractivity contribution in [3.8, 4) is 0 Å². The lowest BCUT2D eigenvalue weighted by Gasteiger charge is -2.19. The average Bonchev–Trinajstić information content (AvgIpc) is 2.18. The minimum Gasteiger partial charge on any atom is -0.480 e. The summed E-state index contributed by atoms with van der Waals surface area (Å²) in [4.78, 5) is 10.8. The molecule has 0 aliphatic carbocycles. The third-order valence-corrected chi connectivity index (χ3v) is 2.32. The van der Waals surface area contributed by atoms with E-state index in [9.17, 15) is 4.79 Å². The van der Waals surface area contributed by atoms with E-state index in [1.807, 2.05) is 24.3 Å². The van der Waals surface area contributed by atoms with Crippen LogP contribution in [0.2, 0.25) is 0 Å². The van der Waals surface area contributed by atoms with Gasteiger partial charge in [0.25, 0.3) is 0 Å². The largest absolute Gasteiger partial charge is 0.480 e. The van der Waals surface area contributed by atoms with Crippen molar-refractivity contribution >= 4 is 5.97 Å². The molecule has 4 heteroatoms. The van der Waals surface area contributed by atoms with E-state index in [0.717, 1.165) is 11.1 Å². The van der Waals surface area contributed by atoms with E-state index in [4.69, 9.17) is 16.6 Å². The lowest BCUT2D eigenvalue weighted by atomic mass is 9.94. The van der Waals surface area contributed by atoms with Crippen LogP contribution < -0.4 is 11.5 Å². The fraction of sp³-hybridized carbons (Fsp3) is 0.364. The lowest BCUT2D eigenvalue weighted by molar-refractivity contribution is -0.142. The second-order valence-corrected chi connectivity index (χ2v) is 3.92. The molecule has 5 N–H and O–H groups in total. The molecule has 0 bridgehead atoms. The molecule has 0 amide bonds. The second-order valence-electron chi connectivity index (χ2n) is 3.92. The molecule has 0 heterocycles. The Morgan fingerprint density at radius 3 is 2.20 bits per heavy atom. The first kappa shape index (κ1) is 11.7. The summed E-state index contributed by atoms with van der Waals surface area (Å²) in [6.07, 6.45) is 0.313. The zero-order valence-electron chi connectivity index (χ0n) is 8.73. The quantitative estimate of drug-likeness (QED) is 0.671. The summed E-state index contributed by atoms with van der Waals surface area (Å²) in [6.45, 7) is 1.99. The van der Waals surface area contributed by atoms with E-state index in [1.165, 1.54) is 6.92 Å². The van der Waals surface area contributed by atoms with E-state index < -0.39 is 11.5 Å². The summed E-state index contributed by atoms with van der Waals surface area (Å²) < 4.78 is 0. The molecule has 15 heavy (non-hydrogen) atoms. The van der Waals surface area contributed by atoms with Gasteiger partial charge in [0.2, 0.25) is 0 Å². The van der Waals surface area contributed by atoms with Gasteiger partial charge in [-0.1, -0.05) is 24.3 Å². The Balaban J connectivity index is 2.77.